The minimum Gasteiger partial charge on any atom is -0.394 e. The van der Waals surface area contributed by atoms with E-state index in [4.69, 9.17) is 23.4 Å². The third kappa shape index (κ3) is 5.58. The minimum atomic E-state index is -2.32. The lowest BCUT2D eigenvalue weighted by atomic mass is 10.4. The van der Waals surface area contributed by atoms with Gasteiger partial charge in [-0.25, -0.2) is 0 Å². The van der Waals surface area contributed by atoms with Crippen molar-refractivity contribution in [2.75, 3.05) is 34.6 Å². The molecular formula is C18H29NO4Si2. The Morgan fingerprint density at radius 2 is 1.08 bits per heavy atom. The van der Waals surface area contributed by atoms with Crippen molar-refractivity contribution in [1.82, 2.24) is 0 Å². The highest BCUT2D eigenvalue weighted by Crippen LogP contribution is 2.04. The molecule has 2 N–H and O–H groups in total. The second-order valence-electron chi connectivity index (χ2n) is 5.45. The molecule has 0 fully saturated rings. The van der Waals surface area contributed by atoms with Crippen molar-refractivity contribution >= 4 is 27.5 Å². The second kappa shape index (κ2) is 10.6. The van der Waals surface area contributed by atoms with E-state index in [1.807, 2.05) is 67.2 Å². The predicted molar refractivity (Wildman–Crippen MR) is 107 cm³/mol. The molecule has 2 rings (SSSR count). The molecule has 0 aliphatic carbocycles. The van der Waals surface area contributed by atoms with Crippen molar-refractivity contribution in [2.45, 2.75) is 6.55 Å². The zero-order valence-electron chi connectivity index (χ0n) is 15.7. The van der Waals surface area contributed by atoms with Gasteiger partial charge in [0.2, 0.25) is 0 Å². The maximum Gasteiger partial charge on any atom is 0.386 e. The third-order valence-corrected chi connectivity index (χ3v) is 10.2. The van der Waals surface area contributed by atoms with E-state index in [0.29, 0.717) is 6.17 Å². The van der Waals surface area contributed by atoms with Crippen LogP contribution in [-0.4, -0.2) is 51.7 Å². The van der Waals surface area contributed by atoms with Crippen LogP contribution in [0.15, 0.2) is 60.7 Å². The first-order chi connectivity index (χ1) is 12.0. The Morgan fingerprint density at radius 3 is 1.40 bits per heavy atom. The van der Waals surface area contributed by atoms with Crippen molar-refractivity contribution in [3.05, 3.63) is 60.7 Å². The highest BCUT2D eigenvalue weighted by molar-refractivity contribution is 6.81. The summed E-state index contributed by atoms with van der Waals surface area (Å²) in [5.74, 6) is 0. The van der Waals surface area contributed by atoms with Gasteiger partial charge in [0.05, 0.1) is 0 Å². The van der Waals surface area contributed by atoms with Crippen LogP contribution in [0.4, 0.5) is 0 Å². The highest BCUT2D eigenvalue weighted by Gasteiger charge is 2.36. The van der Waals surface area contributed by atoms with E-state index in [9.17, 15) is 0 Å². The molecule has 0 heterocycles. The Kier molecular flexibility index (Phi) is 9.22. The van der Waals surface area contributed by atoms with Gasteiger partial charge in [0.25, 0.3) is 0 Å². The molecular weight excluding hydrogens is 350 g/mol. The fraction of sp³-hybridized carbons (Fsp3) is 0.333. The lowest BCUT2D eigenvalue weighted by Gasteiger charge is -2.25. The second-order valence-corrected chi connectivity index (χ2v) is 12.0. The quantitative estimate of drug-likeness (QED) is 0.737. The van der Waals surface area contributed by atoms with Gasteiger partial charge in [-0.3, -0.25) is 0 Å². The van der Waals surface area contributed by atoms with Crippen LogP contribution in [-0.2, 0) is 17.7 Å². The van der Waals surface area contributed by atoms with Gasteiger partial charge in [-0.2, -0.15) is 0 Å². The topological polar surface area (TPSA) is 62.9 Å². The summed E-state index contributed by atoms with van der Waals surface area (Å²) in [7, 11) is 2.30. The highest BCUT2D eigenvalue weighted by atomic mass is 28.4. The molecule has 5 nitrogen and oxygen atoms in total. The lowest BCUT2D eigenvalue weighted by Crippen LogP contribution is -2.58. The summed E-state index contributed by atoms with van der Waals surface area (Å²) >= 11 is 0. The molecule has 0 radical (unpaired) electrons. The van der Waals surface area contributed by atoms with Crippen LogP contribution in [0.5, 0.6) is 0 Å². The summed E-state index contributed by atoms with van der Waals surface area (Å²) in [6, 6.07) is 19.9. The van der Waals surface area contributed by atoms with Crippen molar-refractivity contribution in [2.24, 2.45) is 5.73 Å². The maximum absolute atomic E-state index is 5.67. The normalized spacial score (nSPS) is 11.6. The average molecular weight is 380 g/mol. The first kappa shape index (κ1) is 21.7. The summed E-state index contributed by atoms with van der Waals surface area (Å²) in [6.45, 7) is 2.03. The van der Waals surface area contributed by atoms with E-state index < -0.39 is 17.1 Å². The van der Waals surface area contributed by atoms with Crippen molar-refractivity contribution in [1.29, 1.82) is 0 Å². The van der Waals surface area contributed by atoms with Gasteiger partial charge >= 0.3 is 17.1 Å². The van der Waals surface area contributed by atoms with E-state index in [1.54, 1.807) is 28.4 Å². The van der Waals surface area contributed by atoms with Crippen LogP contribution >= 0.6 is 0 Å². The molecule has 0 saturated carbocycles. The Balaban J connectivity index is 0.000000251. The van der Waals surface area contributed by atoms with Gasteiger partial charge in [0.15, 0.2) is 0 Å². The van der Waals surface area contributed by atoms with E-state index in [0.717, 1.165) is 10.4 Å². The molecule has 25 heavy (non-hydrogen) atoms. The van der Waals surface area contributed by atoms with Crippen molar-refractivity contribution in [3.8, 4) is 0 Å². The standard InChI is InChI=1S/C9H15NO2Si.C9H14O2Si/c1-11-13(8-10,12-2)9-6-4-3-5-7-9;1-10-12(3,11-2)9-7-5-4-6-8-9/h3-7H,8,10H2,1-2H3;4-8H,1-3H3. The monoisotopic (exact) mass is 379 g/mol. The molecule has 2 aromatic rings. The number of benzene rings is 2. The molecule has 0 aliphatic heterocycles. The number of hydrogen-bond acceptors (Lipinski definition) is 5. The summed E-state index contributed by atoms with van der Waals surface area (Å²) in [5, 5.41) is 2.23. The lowest BCUT2D eigenvalue weighted by molar-refractivity contribution is 0.259. The van der Waals surface area contributed by atoms with Gasteiger partial charge in [0.1, 0.15) is 0 Å². The number of rotatable bonds is 7. The zero-order valence-corrected chi connectivity index (χ0v) is 17.7. The first-order valence-electron chi connectivity index (χ1n) is 8.03. The van der Waals surface area contributed by atoms with Gasteiger partial charge in [-0.15, -0.1) is 0 Å². The van der Waals surface area contributed by atoms with Crippen LogP contribution in [0.3, 0.4) is 0 Å². The fourth-order valence-electron chi connectivity index (χ4n) is 2.36. The summed E-state index contributed by atoms with van der Waals surface area (Å²) in [5.41, 5.74) is 5.67. The third-order valence-electron chi connectivity index (χ3n) is 4.22. The molecule has 138 valence electrons. The van der Waals surface area contributed by atoms with E-state index in [-0.39, 0.29) is 0 Å². The summed E-state index contributed by atoms with van der Waals surface area (Å²) in [4.78, 5) is 0. The molecule has 2 aromatic carbocycles. The molecule has 0 spiro atoms. The zero-order chi connectivity index (χ0) is 18.8. The molecule has 0 aliphatic rings. The van der Waals surface area contributed by atoms with Gasteiger partial charge in [-0.05, 0) is 16.9 Å². The Hall–Kier alpha value is -1.33. The van der Waals surface area contributed by atoms with Crippen molar-refractivity contribution in [3.63, 3.8) is 0 Å². The largest absolute Gasteiger partial charge is 0.394 e. The average Bonchev–Trinajstić information content (AvgIpc) is 2.71. The van der Waals surface area contributed by atoms with Gasteiger partial charge in [0, 0.05) is 34.6 Å². The summed E-state index contributed by atoms with van der Waals surface area (Å²) in [6.07, 6.45) is 0.435. The SMILES string of the molecule is CO[Si](C)(OC)c1ccccc1.CO[Si](CN)(OC)c1ccccc1. The number of hydrogen-bond donors (Lipinski definition) is 1. The van der Waals surface area contributed by atoms with E-state index >= 15 is 0 Å². The first-order valence-corrected chi connectivity index (χ1v) is 12.4. The maximum atomic E-state index is 5.67. The minimum absolute atomic E-state index is 0.435. The molecule has 7 heteroatoms. The molecule has 0 amide bonds. The van der Waals surface area contributed by atoms with E-state index in [2.05, 4.69) is 0 Å². The van der Waals surface area contributed by atoms with Crippen LogP contribution < -0.4 is 16.1 Å². The Labute approximate surface area is 153 Å². The van der Waals surface area contributed by atoms with Crippen molar-refractivity contribution < 1.29 is 17.7 Å². The summed E-state index contributed by atoms with van der Waals surface area (Å²) < 4.78 is 21.6. The Bertz CT molecular complexity index is 582. The van der Waals surface area contributed by atoms with Gasteiger partial charge < -0.3 is 23.4 Å². The van der Waals surface area contributed by atoms with E-state index in [1.165, 1.54) is 0 Å². The molecule has 0 aromatic heterocycles. The van der Waals surface area contributed by atoms with Crippen LogP contribution in [0.25, 0.3) is 0 Å². The smallest absolute Gasteiger partial charge is 0.386 e. The molecule has 0 unspecified atom stereocenters. The number of nitrogens with two attached hydrogens (primary N) is 1. The van der Waals surface area contributed by atoms with Crippen LogP contribution in [0.2, 0.25) is 6.55 Å². The van der Waals surface area contributed by atoms with Crippen LogP contribution in [0, 0.1) is 0 Å². The molecule has 0 bridgehead atoms. The fourth-order valence-corrected chi connectivity index (χ4v) is 5.70. The molecule has 0 saturated heterocycles. The van der Waals surface area contributed by atoms with Crippen LogP contribution in [0.1, 0.15) is 0 Å². The predicted octanol–water partition coefficient (Wildman–Crippen LogP) is 1.38. The molecule has 0 atom stereocenters. The Morgan fingerprint density at radius 1 is 0.680 bits per heavy atom. The van der Waals surface area contributed by atoms with Gasteiger partial charge in [-0.1, -0.05) is 60.7 Å².